The Labute approximate surface area is 192 Å². The van der Waals surface area contributed by atoms with Gasteiger partial charge in [0.15, 0.2) is 5.82 Å². The fourth-order valence-electron chi connectivity index (χ4n) is 4.40. The molecule has 0 N–H and O–H groups in total. The monoisotopic (exact) mass is 475 g/mol. The van der Waals surface area contributed by atoms with Crippen molar-refractivity contribution in [2.75, 3.05) is 19.6 Å². The summed E-state index contributed by atoms with van der Waals surface area (Å²) in [4.78, 5) is 20.1. The van der Waals surface area contributed by atoms with Crippen LogP contribution >= 0.6 is 11.6 Å². The summed E-state index contributed by atoms with van der Waals surface area (Å²) < 4.78 is 43.4. The zero-order chi connectivity index (χ0) is 23.2. The summed E-state index contributed by atoms with van der Waals surface area (Å²) >= 11 is 6.36. The number of halogens is 4. The lowest BCUT2D eigenvalue weighted by molar-refractivity contribution is -0.137. The molecule has 6 nitrogen and oxygen atoms in total. The Morgan fingerprint density at radius 1 is 1.00 bits per heavy atom. The van der Waals surface area contributed by atoms with Crippen molar-refractivity contribution in [2.45, 2.75) is 32.1 Å². The molecule has 0 atom stereocenters. The second-order valence-corrected chi connectivity index (χ2v) is 8.59. The topological polar surface area (TPSA) is 55.4 Å². The van der Waals surface area contributed by atoms with Crippen molar-refractivity contribution < 1.29 is 13.2 Å². The van der Waals surface area contributed by atoms with Crippen molar-refractivity contribution in [1.82, 2.24) is 19.2 Å². The second kappa shape index (κ2) is 8.46. The summed E-state index contributed by atoms with van der Waals surface area (Å²) in [5.74, 6) is 0.379. The third-order valence-corrected chi connectivity index (χ3v) is 6.39. The standard InChI is InChI=1S/C23H21ClF3N5O/c24-18-6-2-1-5-16(18)21-17-13-15(23(25,26)27)7-8-19(17)32-20(14-28-21)29-31(22(32)33)12-11-30-9-3-4-10-30/h1-2,5-8,13H,3-4,9-12,14H2. The van der Waals surface area contributed by atoms with E-state index in [1.54, 1.807) is 24.3 Å². The third kappa shape index (κ3) is 4.11. The number of hydrogen-bond donors (Lipinski definition) is 0. The van der Waals surface area contributed by atoms with E-state index in [2.05, 4.69) is 15.0 Å². The summed E-state index contributed by atoms with van der Waals surface area (Å²) in [6, 6.07) is 10.2. The summed E-state index contributed by atoms with van der Waals surface area (Å²) in [7, 11) is 0. The van der Waals surface area contributed by atoms with Gasteiger partial charge in [0.2, 0.25) is 0 Å². The SMILES string of the molecule is O=c1n(CCN2CCCC2)nc2n1-c1ccc(C(F)(F)F)cc1C(c1ccccc1Cl)=NC2. The van der Waals surface area contributed by atoms with Gasteiger partial charge in [0.25, 0.3) is 0 Å². The molecule has 0 spiro atoms. The van der Waals surface area contributed by atoms with Gasteiger partial charge in [-0.1, -0.05) is 29.8 Å². The highest BCUT2D eigenvalue weighted by atomic mass is 35.5. The molecule has 1 aromatic heterocycles. The molecule has 0 aliphatic carbocycles. The molecule has 1 fully saturated rings. The molecule has 0 bridgehead atoms. The van der Waals surface area contributed by atoms with Gasteiger partial charge in [-0.3, -0.25) is 4.99 Å². The molecular weight excluding hydrogens is 455 g/mol. The predicted molar refractivity (Wildman–Crippen MR) is 119 cm³/mol. The van der Waals surface area contributed by atoms with Crippen molar-refractivity contribution in [3.8, 4) is 5.69 Å². The molecule has 2 aromatic carbocycles. The molecule has 172 valence electrons. The zero-order valence-electron chi connectivity index (χ0n) is 17.6. The van der Waals surface area contributed by atoms with Crippen LogP contribution in [-0.2, 0) is 19.3 Å². The lowest BCUT2D eigenvalue weighted by Gasteiger charge is -2.15. The minimum Gasteiger partial charge on any atom is -0.301 e. The van der Waals surface area contributed by atoms with E-state index in [-0.39, 0.29) is 17.8 Å². The fourth-order valence-corrected chi connectivity index (χ4v) is 4.63. The molecule has 3 aromatic rings. The normalized spacial score (nSPS) is 16.3. The molecule has 0 unspecified atom stereocenters. The number of nitrogens with zero attached hydrogens (tertiary/aromatic N) is 5. The maximum absolute atomic E-state index is 13.5. The maximum Gasteiger partial charge on any atom is 0.416 e. The first-order chi connectivity index (χ1) is 15.8. The van der Waals surface area contributed by atoms with Crippen molar-refractivity contribution in [1.29, 1.82) is 0 Å². The largest absolute Gasteiger partial charge is 0.416 e. The minimum atomic E-state index is -4.54. The van der Waals surface area contributed by atoms with Gasteiger partial charge >= 0.3 is 11.9 Å². The third-order valence-electron chi connectivity index (χ3n) is 6.06. The number of aromatic nitrogens is 3. The van der Waals surface area contributed by atoms with Crippen molar-refractivity contribution >= 4 is 17.3 Å². The first-order valence-corrected chi connectivity index (χ1v) is 11.1. The van der Waals surface area contributed by atoms with Gasteiger partial charge in [-0.2, -0.15) is 18.3 Å². The second-order valence-electron chi connectivity index (χ2n) is 8.18. The van der Waals surface area contributed by atoms with Gasteiger partial charge in [-0.05, 0) is 50.2 Å². The first kappa shape index (κ1) is 21.9. The molecule has 3 heterocycles. The van der Waals surface area contributed by atoms with E-state index in [9.17, 15) is 18.0 Å². The zero-order valence-corrected chi connectivity index (χ0v) is 18.4. The lowest BCUT2D eigenvalue weighted by Crippen LogP contribution is -2.31. The number of hydrogen-bond acceptors (Lipinski definition) is 4. The van der Waals surface area contributed by atoms with E-state index in [1.165, 1.54) is 15.3 Å². The summed E-state index contributed by atoms with van der Waals surface area (Å²) in [6.45, 7) is 3.15. The minimum absolute atomic E-state index is 0.0442. The van der Waals surface area contributed by atoms with E-state index in [1.807, 2.05) is 0 Å². The van der Waals surface area contributed by atoms with Crippen LogP contribution in [0.2, 0.25) is 5.02 Å². The Balaban J connectivity index is 1.63. The van der Waals surface area contributed by atoms with Gasteiger partial charge in [0.05, 0.1) is 23.5 Å². The van der Waals surface area contributed by atoms with Crippen LogP contribution in [0.1, 0.15) is 35.4 Å². The van der Waals surface area contributed by atoms with Crippen LogP contribution in [0.4, 0.5) is 13.2 Å². The van der Waals surface area contributed by atoms with Crippen LogP contribution < -0.4 is 5.69 Å². The molecule has 10 heteroatoms. The predicted octanol–water partition coefficient (Wildman–Crippen LogP) is 4.15. The Morgan fingerprint density at radius 2 is 1.76 bits per heavy atom. The molecule has 2 aliphatic heterocycles. The van der Waals surface area contributed by atoms with Crippen LogP contribution in [0.3, 0.4) is 0 Å². The highest BCUT2D eigenvalue weighted by Gasteiger charge is 2.33. The maximum atomic E-state index is 13.5. The average Bonchev–Trinajstić information content (AvgIpc) is 3.37. The Kier molecular flexibility index (Phi) is 5.62. The van der Waals surface area contributed by atoms with Gasteiger partial charge in [-0.25, -0.2) is 14.0 Å². The number of fused-ring (bicyclic) bond motifs is 3. The van der Waals surface area contributed by atoms with Crippen LogP contribution in [0.5, 0.6) is 0 Å². The van der Waals surface area contributed by atoms with Crippen molar-refractivity contribution in [3.05, 3.63) is 80.5 Å². The van der Waals surface area contributed by atoms with Crippen LogP contribution in [0.15, 0.2) is 52.3 Å². The van der Waals surface area contributed by atoms with E-state index in [4.69, 9.17) is 11.6 Å². The summed E-state index contributed by atoms with van der Waals surface area (Å²) in [5, 5.41) is 4.83. The molecule has 0 radical (unpaired) electrons. The van der Waals surface area contributed by atoms with E-state index >= 15 is 0 Å². The number of rotatable bonds is 4. The fraction of sp³-hybridized carbons (Fsp3) is 0.348. The Hall–Kier alpha value is -2.91. The lowest BCUT2D eigenvalue weighted by atomic mass is 9.98. The number of benzene rings is 2. The number of alkyl halides is 3. The highest BCUT2D eigenvalue weighted by molar-refractivity contribution is 6.35. The molecule has 2 aliphatic rings. The van der Waals surface area contributed by atoms with Crippen molar-refractivity contribution in [3.63, 3.8) is 0 Å². The molecule has 0 saturated carbocycles. The first-order valence-electron chi connectivity index (χ1n) is 10.8. The van der Waals surface area contributed by atoms with Crippen LogP contribution in [0.25, 0.3) is 5.69 Å². The molecule has 0 amide bonds. The van der Waals surface area contributed by atoms with E-state index in [0.29, 0.717) is 40.9 Å². The van der Waals surface area contributed by atoms with Gasteiger partial charge in [0, 0.05) is 22.7 Å². The van der Waals surface area contributed by atoms with Crippen LogP contribution in [-0.4, -0.2) is 44.6 Å². The van der Waals surface area contributed by atoms with Gasteiger partial charge in [-0.15, -0.1) is 0 Å². The number of aliphatic imine (C=N–C) groups is 1. The van der Waals surface area contributed by atoms with Crippen molar-refractivity contribution in [2.24, 2.45) is 4.99 Å². The van der Waals surface area contributed by atoms with E-state index in [0.717, 1.165) is 38.1 Å². The average molecular weight is 476 g/mol. The molecule has 33 heavy (non-hydrogen) atoms. The van der Waals surface area contributed by atoms with Gasteiger partial charge in [0.1, 0.15) is 6.54 Å². The molecule has 5 rings (SSSR count). The van der Waals surface area contributed by atoms with E-state index < -0.39 is 11.7 Å². The molecular formula is C23H21ClF3N5O. The number of likely N-dealkylation sites (tertiary alicyclic amines) is 1. The van der Waals surface area contributed by atoms with Gasteiger partial charge < -0.3 is 4.90 Å². The highest BCUT2D eigenvalue weighted by Crippen LogP contribution is 2.34. The summed E-state index contributed by atoms with van der Waals surface area (Å²) in [6.07, 6.45) is -2.26. The summed E-state index contributed by atoms with van der Waals surface area (Å²) in [5.41, 5.74) is 0.0965. The molecule has 1 saturated heterocycles. The van der Waals surface area contributed by atoms with Crippen LogP contribution in [0, 0.1) is 0 Å². The smallest absolute Gasteiger partial charge is 0.301 e. The Bertz CT molecular complexity index is 1290. The Morgan fingerprint density at radius 3 is 2.48 bits per heavy atom. The quantitative estimate of drug-likeness (QED) is 0.569.